The van der Waals surface area contributed by atoms with Crippen molar-refractivity contribution in [2.75, 3.05) is 7.05 Å². The summed E-state index contributed by atoms with van der Waals surface area (Å²) in [4.78, 5) is 0. The van der Waals surface area contributed by atoms with Crippen molar-refractivity contribution in [2.45, 2.75) is 33.2 Å². The summed E-state index contributed by atoms with van der Waals surface area (Å²) in [5.41, 5.74) is 0.131. The molecule has 0 fully saturated rings. The molecule has 1 atom stereocenters. The Hall–Kier alpha value is -1.03. The number of halogens is 3. The summed E-state index contributed by atoms with van der Waals surface area (Å²) >= 11 is 0. The third-order valence-corrected chi connectivity index (χ3v) is 2.61. The third kappa shape index (κ3) is 3.46. The molecule has 1 unspecified atom stereocenters. The van der Waals surface area contributed by atoms with Gasteiger partial charge in [-0.15, -0.1) is 0 Å². The molecular weight excluding hydrogens is 227 g/mol. The number of benzene rings is 1. The molecule has 0 aliphatic heterocycles. The van der Waals surface area contributed by atoms with Crippen LogP contribution < -0.4 is 5.32 Å². The molecule has 4 heteroatoms. The Bertz CT molecular complexity index is 396. The minimum atomic E-state index is -1.41. The molecule has 1 rings (SSSR count). The minimum Gasteiger partial charge on any atom is -0.313 e. The quantitative estimate of drug-likeness (QED) is 0.799. The lowest BCUT2D eigenvalue weighted by Crippen LogP contribution is -2.24. The van der Waals surface area contributed by atoms with Gasteiger partial charge >= 0.3 is 0 Å². The Balaban J connectivity index is 3.09. The zero-order valence-corrected chi connectivity index (χ0v) is 10.6. The van der Waals surface area contributed by atoms with Gasteiger partial charge in [-0.3, -0.25) is 0 Å². The van der Waals surface area contributed by atoms with E-state index in [-0.39, 0.29) is 17.0 Å². The molecule has 0 bridgehead atoms. The SMILES string of the molecule is CNC(CC(C)(C)C)c1ccc(F)c(F)c1F. The smallest absolute Gasteiger partial charge is 0.194 e. The Morgan fingerprint density at radius 3 is 2.18 bits per heavy atom. The molecule has 1 N–H and O–H groups in total. The Kier molecular flexibility index (Phi) is 4.20. The maximum Gasteiger partial charge on any atom is 0.194 e. The van der Waals surface area contributed by atoms with Crippen LogP contribution in [0.5, 0.6) is 0 Å². The molecule has 0 saturated carbocycles. The zero-order valence-electron chi connectivity index (χ0n) is 10.6. The standard InChI is InChI=1S/C13H18F3N/c1-13(2,3)7-10(17-4)8-5-6-9(14)12(16)11(8)15/h5-6,10,17H,7H2,1-4H3. The van der Waals surface area contributed by atoms with Crippen LogP contribution >= 0.6 is 0 Å². The molecule has 17 heavy (non-hydrogen) atoms. The van der Waals surface area contributed by atoms with Gasteiger partial charge in [-0.1, -0.05) is 26.8 Å². The fourth-order valence-electron chi connectivity index (χ4n) is 1.79. The van der Waals surface area contributed by atoms with Gasteiger partial charge in [0.15, 0.2) is 17.5 Å². The van der Waals surface area contributed by atoms with Crippen LogP contribution in [0.2, 0.25) is 0 Å². The van der Waals surface area contributed by atoms with E-state index in [1.807, 2.05) is 20.8 Å². The van der Waals surface area contributed by atoms with E-state index in [0.717, 1.165) is 6.07 Å². The van der Waals surface area contributed by atoms with Crippen LogP contribution in [0, 0.1) is 22.9 Å². The molecule has 0 heterocycles. The summed E-state index contributed by atoms with van der Waals surface area (Å²) in [6.07, 6.45) is 0.630. The molecule has 1 aromatic rings. The number of hydrogen-bond donors (Lipinski definition) is 1. The van der Waals surface area contributed by atoms with Crippen molar-refractivity contribution in [3.05, 3.63) is 35.1 Å². The Labute approximate surface area is 100 Å². The molecule has 0 aromatic heterocycles. The Morgan fingerprint density at radius 1 is 1.12 bits per heavy atom. The highest BCUT2D eigenvalue weighted by Gasteiger charge is 2.24. The van der Waals surface area contributed by atoms with Crippen molar-refractivity contribution in [2.24, 2.45) is 5.41 Å². The second-order valence-electron chi connectivity index (χ2n) is 5.37. The second-order valence-corrected chi connectivity index (χ2v) is 5.37. The summed E-state index contributed by atoms with van der Waals surface area (Å²) in [6, 6.07) is 1.92. The molecule has 96 valence electrons. The average molecular weight is 245 g/mol. The van der Waals surface area contributed by atoms with Crippen LogP contribution in [-0.4, -0.2) is 7.05 Å². The van der Waals surface area contributed by atoms with Gasteiger partial charge in [0.25, 0.3) is 0 Å². The van der Waals surface area contributed by atoms with Gasteiger partial charge in [0.05, 0.1) is 0 Å². The van der Waals surface area contributed by atoms with Gasteiger partial charge < -0.3 is 5.32 Å². The monoisotopic (exact) mass is 245 g/mol. The summed E-state index contributed by atoms with van der Waals surface area (Å²) in [5.74, 6) is -3.66. The third-order valence-electron chi connectivity index (χ3n) is 2.61. The summed E-state index contributed by atoms with van der Waals surface area (Å²) < 4.78 is 39.6. The van der Waals surface area contributed by atoms with Gasteiger partial charge in [-0.2, -0.15) is 0 Å². The van der Waals surface area contributed by atoms with Crippen LogP contribution in [0.1, 0.15) is 38.8 Å². The number of rotatable bonds is 3. The van der Waals surface area contributed by atoms with Crippen molar-refractivity contribution >= 4 is 0 Å². The van der Waals surface area contributed by atoms with E-state index in [2.05, 4.69) is 5.32 Å². The predicted molar refractivity (Wildman–Crippen MR) is 62.2 cm³/mol. The number of hydrogen-bond acceptors (Lipinski definition) is 1. The first-order valence-corrected chi connectivity index (χ1v) is 5.57. The summed E-state index contributed by atoms with van der Waals surface area (Å²) in [6.45, 7) is 6.03. The van der Waals surface area contributed by atoms with Gasteiger partial charge in [0.2, 0.25) is 0 Å². The fraction of sp³-hybridized carbons (Fsp3) is 0.538. The highest BCUT2D eigenvalue weighted by molar-refractivity contribution is 5.23. The van der Waals surface area contributed by atoms with Crippen molar-refractivity contribution in [3.8, 4) is 0 Å². The number of nitrogens with one attached hydrogen (secondary N) is 1. The van der Waals surface area contributed by atoms with Gasteiger partial charge in [0.1, 0.15) is 0 Å². The van der Waals surface area contributed by atoms with Gasteiger partial charge in [-0.25, -0.2) is 13.2 Å². The van der Waals surface area contributed by atoms with E-state index < -0.39 is 17.5 Å². The van der Waals surface area contributed by atoms with Crippen LogP contribution in [0.4, 0.5) is 13.2 Å². The van der Waals surface area contributed by atoms with Gasteiger partial charge in [0, 0.05) is 11.6 Å². The first-order chi connectivity index (χ1) is 7.76. The van der Waals surface area contributed by atoms with Gasteiger partial charge in [-0.05, 0) is 24.9 Å². The maximum atomic E-state index is 13.6. The van der Waals surface area contributed by atoms with E-state index in [4.69, 9.17) is 0 Å². The largest absolute Gasteiger partial charge is 0.313 e. The molecule has 1 aromatic carbocycles. The zero-order chi connectivity index (χ0) is 13.2. The lowest BCUT2D eigenvalue weighted by molar-refractivity contribution is 0.312. The molecule has 0 aliphatic carbocycles. The first-order valence-electron chi connectivity index (χ1n) is 5.57. The molecule has 0 saturated heterocycles. The van der Waals surface area contributed by atoms with Crippen molar-refractivity contribution < 1.29 is 13.2 Å². The van der Waals surface area contributed by atoms with Crippen LogP contribution in [0.25, 0.3) is 0 Å². The van der Waals surface area contributed by atoms with Crippen molar-refractivity contribution in [1.29, 1.82) is 0 Å². The van der Waals surface area contributed by atoms with E-state index >= 15 is 0 Å². The first kappa shape index (κ1) is 14.0. The molecule has 0 spiro atoms. The lowest BCUT2D eigenvalue weighted by atomic mass is 9.85. The van der Waals surface area contributed by atoms with E-state index in [9.17, 15) is 13.2 Å². The maximum absolute atomic E-state index is 13.6. The molecular formula is C13H18F3N. The molecule has 0 aliphatic rings. The summed E-state index contributed by atoms with van der Waals surface area (Å²) in [7, 11) is 1.68. The van der Waals surface area contributed by atoms with E-state index in [0.29, 0.717) is 6.42 Å². The second kappa shape index (κ2) is 5.08. The van der Waals surface area contributed by atoms with Crippen LogP contribution in [-0.2, 0) is 0 Å². The molecule has 0 amide bonds. The minimum absolute atomic E-state index is 0.0367. The lowest BCUT2D eigenvalue weighted by Gasteiger charge is -2.26. The van der Waals surface area contributed by atoms with Crippen LogP contribution in [0.15, 0.2) is 12.1 Å². The topological polar surface area (TPSA) is 12.0 Å². The summed E-state index contributed by atoms with van der Waals surface area (Å²) in [5, 5.41) is 2.93. The van der Waals surface area contributed by atoms with Crippen LogP contribution in [0.3, 0.4) is 0 Å². The highest BCUT2D eigenvalue weighted by Crippen LogP contribution is 2.31. The van der Waals surface area contributed by atoms with Crippen molar-refractivity contribution in [3.63, 3.8) is 0 Å². The Morgan fingerprint density at radius 2 is 1.71 bits per heavy atom. The average Bonchev–Trinajstić information content (AvgIpc) is 2.22. The molecule has 1 nitrogen and oxygen atoms in total. The van der Waals surface area contributed by atoms with E-state index in [1.54, 1.807) is 7.05 Å². The highest BCUT2D eigenvalue weighted by atomic mass is 19.2. The normalized spacial score (nSPS) is 13.8. The van der Waals surface area contributed by atoms with Crippen molar-refractivity contribution in [1.82, 2.24) is 5.32 Å². The fourth-order valence-corrected chi connectivity index (χ4v) is 1.79. The predicted octanol–water partition coefficient (Wildman–Crippen LogP) is 3.80. The van der Waals surface area contributed by atoms with E-state index in [1.165, 1.54) is 6.07 Å². The molecule has 0 radical (unpaired) electrons.